The fourth-order valence-corrected chi connectivity index (χ4v) is 7.47. The first-order valence-electron chi connectivity index (χ1n) is 18.9. The van der Waals surface area contributed by atoms with Crippen LogP contribution in [0, 0.1) is 13.8 Å². The molecule has 0 bridgehead atoms. The topological polar surface area (TPSA) is 71.1 Å². The minimum atomic E-state index is -0.491. The predicted octanol–water partition coefficient (Wildman–Crippen LogP) is 11.8. The third kappa shape index (κ3) is 7.14. The molecule has 0 aliphatic rings. The molecule has 6 nitrogen and oxygen atoms in total. The van der Waals surface area contributed by atoms with Crippen LogP contribution in [0.5, 0.6) is 11.5 Å². The molecule has 0 N–H and O–H groups in total. The van der Waals surface area contributed by atoms with Gasteiger partial charge in [0.1, 0.15) is 36.9 Å². The average molecular weight is 739 g/mol. The second kappa shape index (κ2) is 15.6. The smallest absolute Gasteiger partial charge is 0.338 e. The van der Waals surface area contributed by atoms with E-state index in [0.29, 0.717) is 11.1 Å². The summed E-state index contributed by atoms with van der Waals surface area (Å²) in [6, 6.07) is 47.6. The standard InChI is InChI=1S/C50H42O6/c1-31-23-25-41-43(27-31)45(37-19-11-13-21-39(37)47(41)53-29-33(3)55-49(51)35-15-7-5-8-16-35)46-38-20-12-14-22-40(38)48(42-26-24-32(2)28-44(42)46)54-30-34(4)56-50(52)36-17-9-6-10-18-36/h5-28,33-34H,29-30H2,1-4H3. The van der Waals surface area contributed by atoms with Crippen molar-refractivity contribution in [3.63, 3.8) is 0 Å². The predicted molar refractivity (Wildman–Crippen MR) is 225 cm³/mol. The molecule has 0 radical (unpaired) electrons. The molecule has 0 spiro atoms. The van der Waals surface area contributed by atoms with Gasteiger partial charge in [-0.05, 0) is 84.6 Å². The molecule has 0 fully saturated rings. The Morgan fingerprint density at radius 3 is 1.16 bits per heavy atom. The lowest BCUT2D eigenvalue weighted by Gasteiger charge is -2.23. The lowest BCUT2D eigenvalue weighted by atomic mass is 9.84. The number of rotatable bonds is 11. The fourth-order valence-electron chi connectivity index (χ4n) is 7.47. The van der Waals surface area contributed by atoms with E-state index >= 15 is 0 Å². The second-order valence-electron chi connectivity index (χ2n) is 14.4. The van der Waals surface area contributed by atoms with Crippen LogP contribution >= 0.6 is 0 Å². The van der Waals surface area contributed by atoms with Crippen LogP contribution in [0.1, 0.15) is 45.7 Å². The Kier molecular flexibility index (Phi) is 10.1. The number of benzene rings is 8. The zero-order valence-electron chi connectivity index (χ0n) is 31.9. The first kappa shape index (κ1) is 36.3. The zero-order chi connectivity index (χ0) is 38.8. The highest BCUT2D eigenvalue weighted by Crippen LogP contribution is 2.50. The number of hydrogen-bond donors (Lipinski definition) is 0. The highest BCUT2D eigenvalue weighted by molar-refractivity contribution is 6.26. The number of esters is 2. The van der Waals surface area contributed by atoms with Gasteiger partial charge >= 0.3 is 11.9 Å². The molecular formula is C50H42O6. The summed E-state index contributed by atoms with van der Waals surface area (Å²) < 4.78 is 24.9. The molecule has 278 valence electrons. The lowest BCUT2D eigenvalue weighted by Crippen LogP contribution is -2.22. The van der Waals surface area contributed by atoms with Gasteiger partial charge in [0, 0.05) is 21.5 Å². The van der Waals surface area contributed by atoms with Gasteiger partial charge in [-0.25, -0.2) is 9.59 Å². The Morgan fingerprint density at radius 2 is 0.768 bits per heavy atom. The van der Waals surface area contributed by atoms with E-state index in [9.17, 15) is 9.59 Å². The second-order valence-corrected chi connectivity index (χ2v) is 14.4. The summed E-state index contributed by atoms with van der Waals surface area (Å²) >= 11 is 0. The maximum atomic E-state index is 12.9. The van der Waals surface area contributed by atoms with Crippen molar-refractivity contribution in [1.82, 2.24) is 0 Å². The van der Waals surface area contributed by atoms with Crippen molar-refractivity contribution in [1.29, 1.82) is 0 Å². The van der Waals surface area contributed by atoms with Gasteiger partial charge in [0.2, 0.25) is 0 Å². The molecule has 0 saturated heterocycles. The van der Waals surface area contributed by atoms with Gasteiger partial charge in [-0.2, -0.15) is 0 Å². The van der Waals surface area contributed by atoms with E-state index in [4.69, 9.17) is 18.9 Å². The monoisotopic (exact) mass is 738 g/mol. The minimum Gasteiger partial charge on any atom is -0.488 e. The van der Waals surface area contributed by atoms with Crippen molar-refractivity contribution in [3.05, 3.63) is 168 Å². The van der Waals surface area contributed by atoms with Crippen LogP contribution in [-0.2, 0) is 9.47 Å². The van der Waals surface area contributed by atoms with Crippen molar-refractivity contribution in [3.8, 4) is 22.6 Å². The third-order valence-corrected chi connectivity index (χ3v) is 10.1. The molecular weight excluding hydrogens is 697 g/mol. The quantitative estimate of drug-likeness (QED) is 0.0972. The maximum Gasteiger partial charge on any atom is 0.338 e. The number of fused-ring (bicyclic) bond motifs is 4. The van der Waals surface area contributed by atoms with Gasteiger partial charge in [0.25, 0.3) is 0 Å². The molecule has 0 saturated carbocycles. The molecule has 8 aromatic rings. The summed E-state index contributed by atoms with van der Waals surface area (Å²) in [6.45, 7) is 8.27. The summed E-state index contributed by atoms with van der Waals surface area (Å²) in [6.07, 6.45) is -0.982. The van der Waals surface area contributed by atoms with E-state index in [1.54, 1.807) is 24.3 Å². The van der Waals surface area contributed by atoms with Gasteiger partial charge < -0.3 is 18.9 Å². The third-order valence-electron chi connectivity index (χ3n) is 10.1. The zero-order valence-corrected chi connectivity index (χ0v) is 31.9. The SMILES string of the molecule is Cc1ccc2c(OCC(C)OC(=O)c3ccccc3)c3ccccc3c(-c3c4ccccc4c(OCC(C)OC(=O)c4ccccc4)c4ccc(C)cc34)c2c1. The molecule has 0 aromatic heterocycles. The van der Waals surface area contributed by atoms with Crippen molar-refractivity contribution in [2.24, 2.45) is 0 Å². The number of ether oxygens (including phenoxy) is 4. The van der Waals surface area contributed by atoms with Crippen molar-refractivity contribution in [2.75, 3.05) is 13.2 Å². The fraction of sp³-hybridized carbons (Fsp3) is 0.160. The number of hydrogen-bond acceptors (Lipinski definition) is 6. The summed E-state index contributed by atoms with van der Waals surface area (Å²) in [5.74, 6) is 0.717. The van der Waals surface area contributed by atoms with Crippen LogP contribution < -0.4 is 9.47 Å². The highest BCUT2D eigenvalue weighted by atomic mass is 16.6. The molecule has 56 heavy (non-hydrogen) atoms. The van der Waals surface area contributed by atoms with E-state index in [2.05, 4.69) is 86.6 Å². The Bertz CT molecular complexity index is 2550. The van der Waals surface area contributed by atoms with E-state index in [0.717, 1.165) is 76.8 Å². The Balaban J connectivity index is 1.24. The first-order chi connectivity index (χ1) is 27.3. The summed E-state index contributed by atoms with van der Waals surface area (Å²) in [7, 11) is 0. The number of carbonyl (C=O) groups excluding carboxylic acids is 2. The van der Waals surface area contributed by atoms with E-state index in [1.807, 2.05) is 62.4 Å². The summed E-state index contributed by atoms with van der Waals surface area (Å²) in [4.78, 5) is 25.7. The molecule has 0 amide bonds. The van der Waals surface area contributed by atoms with Gasteiger partial charge in [-0.1, -0.05) is 132 Å². The normalized spacial score (nSPS) is 12.4. The summed E-state index contributed by atoms with van der Waals surface area (Å²) in [5, 5.41) is 8.02. The van der Waals surface area contributed by atoms with Crippen molar-refractivity contribution >= 4 is 55.0 Å². The molecule has 2 atom stereocenters. The molecule has 8 aromatic carbocycles. The van der Waals surface area contributed by atoms with E-state index < -0.39 is 12.2 Å². The molecule has 8 rings (SSSR count). The van der Waals surface area contributed by atoms with Gasteiger partial charge in [0.05, 0.1) is 11.1 Å². The molecule has 0 aliphatic carbocycles. The summed E-state index contributed by atoms with van der Waals surface area (Å²) in [5.41, 5.74) is 5.43. The van der Waals surface area contributed by atoms with Crippen LogP contribution in [0.15, 0.2) is 146 Å². The largest absolute Gasteiger partial charge is 0.488 e. The molecule has 2 unspecified atom stereocenters. The van der Waals surface area contributed by atoms with Gasteiger partial charge in [-0.3, -0.25) is 0 Å². The molecule has 0 heterocycles. The van der Waals surface area contributed by atoms with E-state index in [1.165, 1.54) is 0 Å². The van der Waals surface area contributed by atoms with Crippen LogP contribution in [0.4, 0.5) is 0 Å². The van der Waals surface area contributed by atoms with E-state index in [-0.39, 0.29) is 25.2 Å². The number of aryl methyl sites for hydroxylation is 2. The number of carbonyl (C=O) groups is 2. The molecule has 0 aliphatic heterocycles. The average Bonchev–Trinajstić information content (AvgIpc) is 3.22. The first-order valence-corrected chi connectivity index (χ1v) is 18.9. The molecule has 6 heteroatoms. The van der Waals surface area contributed by atoms with Crippen LogP contribution in [0.3, 0.4) is 0 Å². The van der Waals surface area contributed by atoms with Crippen LogP contribution in [0.25, 0.3) is 54.2 Å². The highest BCUT2D eigenvalue weighted by Gasteiger charge is 2.24. The van der Waals surface area contributed by atoms with Crippen LogP contribution in [0.2, 0.25) is 0 Å². The lowest BCUT2D eigenvalue weighted by molar-refractivity contribution is 0.0224. The van der Waals surface area contributed by atoms with Crippen molar-refractivity contribution in [2.45, 2.75) is 39.9 Å². The Hall–Kier alpha value is -6.66. The Labute approximate surface area is 326 Å². The van der Waals surface area contributed by atoms with Crippen LogP contribution in [-0.4, -0.2) is 37.4 Å². The van der Waals surface area contributed by atoms with Gasteiger partial charge in [-0.15, -0.1) is 0 Å². The van der Waals surface area contributed by atoms with Crippen molar-refractivity contribution < 1.29 is 28.5 Å². The minimum absolute atomic E-state index is 0.182. The Morgan fingerprint density at radius 1 is 0.429 bits per heavy atom. The maximum absolute atomic E-state index is 12.9. The van der Waals surface area contributed by atoms with Gasteiger partial charge in [0.15, 0.2) is 0 Å².